The Kier molecular flexibility index (Phi) is 7.28. The van der Waals surface area contributed by atoms with Gasteiger partial charge in [0, 0.05) is 23.1 Å². The van der Waals surface area contributed by atoms with Crippen LogP contribution in [0.3, 0.4) is 0 Å². The van der Waals surface area contributed by atoms with Crippen LogP contribution in [0.2, 0.25) is 0 Å². The van der Waals surface area contributed by atoms with Gasteiger partial charge in [0.05, 0.1) is 18.2 Å². The fourth-order valence-electron chi connectivity index (χ4n) is 2.10. The molecule has 1 aromatic carbocycles. The molecule has 0 bridgehead atoms. The monoisotopic (exact) mass is 404 g/mol. The van der Waals surface area contributed by atoms with E-state index in [1.165, 1.54) is 0 Å². The van der Waals surface area contributed by atoms with Gasteiger partial charge >= 0.3 is 12.0 Å². The Labute approximate surface area is 162 Å². The Morgan fingerprint density at radius 3 is 2.68 bits per heavy atom. The summed E-state index contributed by atoms with van der Waals surface area (Å²) in [5.41, 5.74) is 0.713. The van der Waals surface area contributed by atoms with Crippen LogP contribution >= 0.6 is 35.0 Å². The van der Waals surface area contributed by atoms with E-state index in [0.29, 0.717) is 5.69 Å². The number of alkyl halides is 2. The molecule has 5 nitrogen and oxygen atoms in total. The summed E-state index contributed by atoms with van der Waals surface area (Å²) in [6.07, 6.45) is 0.777. The van der Waals surface area contributed by atoms with E-state index in [2.05, 4.69) is 10.6 Å². The van der Waals surface area contributed by atoms with Crippen molar-refractivity contribution < 1.29 is 14.3 Å². The van der Waals surface area contributed by atoms with Gasteiger partial charge in [-0.2, -0.15) is 0 Å². The molecular weight excluding hydrogens is 383 g/mol. The van der Waals surface area contributed by atoms with Crippen molar-refractivity contribution in [2.24, 2.45) is 5.92 Å². The summed E-state index contributed by atoms with van der Waals surface area (Å²) >= 11 is 13.7. The third-order valence-corrected chi connectivity index (χ3v) is 5.67. The van der Waals surface area contributed by atoms with Gasteiger partial charge in [-0.3, -0.25) is 4.79 Å². The number of urea groups is 1. The van der Waals surface area contributed by atoms with E-state index >= 15 is 0 Å². The summed E-state index contributed by atoms with van der Waals surface area (Å²) in [7, 11) is 0. The molecule has 8 heteroatoms. The third-order valence-electron chi connectivity index (χ3n) is 3.51. The number of halogens is 2. The highest BCUT2D eigenvalue weighted by Gasteiger charge is 2.51. The second-order valence-electron chi connectivity index (χ2n) is 6.14. The zero-order chi connectivity index (χ0) is 18.4. The van der Waals surface area contributed by atoms with Crippen molar-refractivity contribution in [3.8, 4) is 0 Å². The van der Waals surface area contributed by atoms with Crippen molar-refractivity contribution in [2.75, 3.05) is 17.6 Å². The first kappa shape index (κ1) is 20.2. The molecule has 1 atom stereocenters. The number of amides is 2. The number of carbonyl (C=O) groups excluding carboxylic acids is 2. The van der Waals surface area contributed by atoms with Gasteiger partial charge in [-0.1, -0.05) is 12.1 Å². The zero-order valence-electron chi connectivity index (χ0n) is 14.2. The smallest absolute Gasteiger partial charge is 0.319 e. The van der Waals surface area contributed by atoms with Crippen LogP contribution in [-0.2, 0) is 9.53 Å². The molecular formula is C17H22Cl2N2O3S. The standard InChI is InChI=1S/C17H22Cl2N2O3S/c1-11(2)24-15(22)7-8-20-16(23)21-13-5-3-4-6-14(13)25-10-12-9-17(12,18)19/h3-6,11-12H,7-10H2,1-2H3,(H2,20,21,23). The maximum atomic E-state index is 12.0. The largest absolute Gasteiger partial charge is 0.463 e. The van der Waals surface area contributed by atoms with Crippen LogP contribution in [0, 0.1) is 5.92 Å². The predicted octanol–water partition coefficient (Wildman–Crippen LogP) is 4.44. The van der Waals surface area contributed by atoms with Crippen molar-refractivity contribution in [1.29, 1.82) is 0 Å². The quantitative estimate of drug-likeness (QED) is 0.381. The average molecular weight is 405 g/mol. The molecule has 0 heterocycles. The number of benzene rings is 1. The number of hydrogen-bond acceptors (Lipinski definition) is 4. The van der Waals surface area contributed by atoms with Crippen LogP contribution in [0.5, 0.6) is 0 Å². The van der Waals surface area contributed by atoms with Crippen LogP contribution in [0.1, 0.15) is 26.7 Å². The Morgan fingerprint density at radius 1 is 1.36 bits per heavy atom. The van der Waals surface area contributed by atoms with Gasteiger partial charge < -0.3 is 15.4 Å². The number of carbonyl (C=O) groups is 2. The van der Waals surface area contributed by atoms with Crippen molar-refractivity contribution in [3.63, 3.8) is 0 Å². The van der Waals surface area contributed by atoms with Crippen LogP contribution in [0.25, 0.3) is 0 Å². The fourth-order valence-corrected chi connectivity index (χ4v) is 4.05. The molecule has 2 N–H and O–H groups in total. The Balaban J connectivity index is 1.77. The maximum absolute atomic E-state index is 12.0. The number of nitrogens with one attached hydrogen (secondary N) is 2. The number of anilines is 1. The topological polar surface area (TPSA) is 67.4 Å². The number of esters is 1. The van der Waals surface area contributed by atoms with E-state index in [0.717, 1.165) is 17.1 Å². The number of rotatable bonds is 8. The van der Waals surface area contributed by atoms with Crippen LogP contribution < -0.4 is 10.6 Å². The Bertz CT molecular complexity index is 626. The minimum absolute atomic E-state index is 0.136. The third kappa shape index (κ3) is 6.96. The van der Waals surface area contributed by atoms with Gasteiger partial charge in [-0.15, -0.1) is 35.0 Å². The van der Waals surface area contributed by atoms with E-state index in [9.17, 15) is 9.59 Å². The van der Waals surface area contributed by atoms with Crippen molar-refractivity contribution in [2.45, 2.75) is 42.0 Å². The molecule has 25 heavy (non-hydrogen) atoms. The molecule has 2 rings (SSSR count). The average Bonchev–Trinajstić information content (AvgIpc) is 3.12. The first-order valence-corrected chi connectivity index (χ1v) is 9.86. The second-order valence-corrected chi connectivity index (χ2v) is 8.74. The van der Waals surface area contributed by atoms with E-state index in [1.807, 2.05) is 24.3 Å². The number of ether oxygens (including phenoxy) is 1. The Hall–Kier alpha value is -1.11. The van der Waals surface area contributed by atoms with Crippen molar-refractivity contribution in [1.82, 2.24) is 5.32 Å². The van der Waals surface area contributed by atoms with Gasteiger partial charge in [-0.25, -0.2) is 4.79 Å². The molecule has 1 fully saturated rings. The fraction of sp³-hybridized carbons (Fsp3) is 0.529. The van der Waals surface area contributed by atoms with Gasteiger partial charge in [0.1, 0.15) is 4.33 Å². The molecule has 0 saturated heterocycles. The molecule has 0 radical (unpaired) electrons. The molecule has 1 aliphatic rings. The molecule has 2 amide bonds. The molecule has 1 aliphatic carbocycles. The van der Waals surface area contributed by atoms with Crippen LogP contribution in [0.4, 0.5) is 10.5 Å². The zero-order valence-corrected chi connectivity index (χ0v) is 16.5. The van der Waals surface area contributed by atoms with Gasteiger partial charge in [-0.05, 0) is 32.4 Å². The molecule has 1 saturated carbocycles. The summed E-state index contributed by atoms with van der Waals surface area (Å²) < 4.78 is 4.41. The first-order chi connectivity index (χ1) is 11.8. The summed E-state index contributed by atoms with van der Waals surface area (Å²) in [4.78, 5) is 24.4. The van der Waals surface area contributed by atoms with Gasteiger partial charge in [0.2, 0.25) is 0 Å². The SMILES string of the molecule is CC(C)OC(=O)CCNC(=O)Nc1ccccc1SCC1CC1(Cl)Cl. The highest BCUT2D eigenvalue weighted by molar-refractivity contribution is 7.99. The van der Waals surface area contributed by atoms with Crippen LogP contribution in [-0.4, -0.2) is 34.7 Å². The summed E-state index contributed by atoms with van der Waals surface area (Å²) in [6, 6.07) is 7.17. The first-order valence-electron chi connectivity index (χ1n) is 8.12. The lowest BCUT2D eigenvalue weighted by molar-refractivity contribution is -0.147. The minimum atomic E-state index is -0.600. The summed E-state index contributed by atoms with van der Waals surface area (Å²) in [5, 5.41) is 5.45. The molecule has 1 unspecified atom stereocenters. The predicted molar refractivity (Wildman–Crippen MR) is 103 cm³/mol. The summed E-state index contributed by atoms with van der Waals surface area (Å²) in [6.45, 7) is 3.79. The van der Waals surface area contributed by atoms with Crippen LogP contribution in [0.15, 0.2) is 29.2 Å². The highest BCUT2D eigenvalue weighted by atomic mass is 35.5. The number of thioether (sulfide) groups is 1. The normalized spacial score (nSPS) is 17.9. The lowest BCUT2D eigenvalue weighted by Gasteiger charge is -2.12. The van der Waals surface area contributed by atoms with Gasteiger partial charge in [0.25, 0.3) is 0 Å². The molecule has 0 aliphatic heterocycles. The lowest BCUT2D eigenvalue weighted by atomic mass is 10.3. The maximum Gasteiger partial charge on any atom is 0.319 e. The minimum Gasteiger partial charge on any atom is -0.463 e. The molecule has 1 aromatic rings. The lowest BCUT2D eigenvalue weighted by Crippen LogP contribution is -2.31. The molecule has 138 valence electrons. The molecule has 0 aromatic heterocycles. The van der Waals surface area contributed by atoms with Crippen molar-refractivity contribution in [3.05, 3.63) is 24.3 Å². The molecule has 0 spiro atoms. The van der Waals surface area contributed by atoms with E-state index in [-0.39, 0.29) is 37.0 Å². The second kappa shape index (κ2) is 9.01. The summed E-state index contributed by atoms with van der Waals surface area (Å²) in [5.74, 6) is 0.741. The number of para-hydroxylation sites is 1. The van der Waals surface area contributed by atoms with E-state index in [1.54, 1.807) is 25.6 Å². The Morgan fingerprint density at radius 2 is 2.04 bits per heavy atom. The number of hydrogen-bond donors (Lipinski definition) is 2. The van der Waals surface area contributed by atoms with E-state index < -0.39 is 4.33 Å². The highest BCUT2D eigenvalue weighted by Crippen LogP contribution is 2.55. The van der Waals surface area contributed by atoms with Crippen molar-refractivity contribution >= 4 is 52.7 Å². The van der Waals surface area contributed by atoms with Gasteiger partial charge in [0.15, 0.2) is 0 Å². The van der Waals surface area contributed by atoms with E-state index in [4.69, 9.17) is 27.9 Å².